The van der Waals surface area contributed by atoms with Gasteiger partial charge < -0.3 is 15.6 Å². The molecule has 0 radical (unpaired) electrons. The number of aliphatic hydroxyl groups excluding tert-OH is 1. The van der Waals surface area contributed by atoms with E-state index in [9.17, 15) is 9.90 Å². The Labute approximate surface area is 160 Å². The van der Waals surface area contributed by atoms with Crippen LogP contribution in [0.5, 0.6) is 5.75 Å². The van der Waals surface area contributed by atoms with Gasteiger partial charge in [-0.25, -0.2) is 0 Å². The Hall–Kier alpha value is -2.37. The fraction of sp³-hybridized carbons (Fsp3) is 0.409. The molecule has 0 saturated carbocycles. The van der Waals surface area contributed by atoms with Gasteiger partial charge in [0.15, 0.2) is 6.61 Å². The second-order valence-corrected chi connectivity index (χ2v) is 7.27. The number of nitrogens with two attached hydrogens (primary N) is 1. The second-order valence-electron chi connectivity index (χ2n) is 7.27. The molecule has 1 atom stereocenters. The summed E-state index contributed by atoms with van der Waals surface area (Å²) < 4.78 is 5.38. The predicted molar refractivity (Wildman–Crippen MR) is 105 cm³/mol. The molecule has 27 heavy (non-hydrogen) atoms. The number of aliphatic hydroxyl groups is 1. The van der Waals surface area contributed by atoms with Crippen LogP contribution in [0.4, 0.5) is 0 Å². The number of benzene rings is 2. The molecule has 0 bridgehead atoms. The van der Waals surface area contributed by atoms with Crippen LogP contribution in [-0.4, -0.2) is 41.7 Å². The number of hydrogen-bond acceptors (Lipinski definition) is 4. The van der Waals surface area contributed by atoms with Crippen molar-refractivity contribution in [1.82, 2.24) is 4.90 Å². The number of hydrogen-bond donors (Lipinski definition) is 2. The maximum absolute atomic E-state index is 10.8. The van der Waals surface area contributed by atoms with Crippen LogP contribution in [0.3, 0.4) is 0 Å². The van der Waals surface area contributed by atoms with Gasteiger partial charge in [-0.3, -0.25) is 9.69 Å². The SMILES string of the molecule is NC(=O)COc1cccc(CN2CCC(C(O)Cc3ccccc3)CC2)c1. The minimum Gasteiger partial charge on any atom is -0.484 e. The standard InChI is InChI=1S/C22H28N2O3/c23-22(26)16-27-20-8-4-7-18(13-20)15-24-11-9-19(10-12-24)21(25)14-17-5-2-1-3-6-17/h1-8,13,19,21,25H,9-12,14-16H2,(H2,23,26). The van der Waals surface area contributed by atoms with Gasteiger partial charge in [0.25, 0.3) is 5.91 Å². The number of rotatable bonds is 8. The first-order valence-corrected chi connectivity index (χ1v) is 9.54. The van der Waals surface area contributed by atoms with E-state index in [4.69, 9.17) is 10.5 Å². The third-order valence-corrected chi connectivity index (χ3v) is 5.15. The molecule has 2 aromatic carbocycles. The average Bonchev–Trinajstić information content (AvgIpc) is 2.68. The molecule has 1 amide bonds. The minimum atomic E-state index is -0.475. The molecule has 1 aliphatic rings. The van der Waals surface area contributed by atoms with Crippen LogP contribution in [0.25, 0.3) is 0 Å². The van der Waals surface area contributed by atoms with Gasteiger partial charge in [0.2, 0.25) is 0 Å². The predicted octanol–water partition coefficient (Wildman–Crippen LogP) is 2.37. The molecule has 0 aliphatic carbocycles. The first kappa shape index (κ1) is 19.4. The molecular weight excluding hydrogens is 340 g/mol. The molecule has 0 aromatic heterocycles. The molecule has 1 aliphatic heterocycles. The summed E-state index contributed by atoms with van der Waals surface area (Å²) in [7, 11) is 0. The van der Waals surface area contributed by atoms with E-state index in [0.717, 1.165) is 44.5 Å². The Morgan fingerprint density at radius 3 is 2.52 bits per heavy atom. The molecule has 1 heterocycles. The first-order valence-electron chi connectivity index (χ1n) is 9.54. The number of carbonyl (C=O) groups is 1. The summed E-state index contributed by atoms with van der Waals surface area (Å²) in [6, 6.07) is 18.0. The molecule has 5 nitrogen and oxygen atoms in total. The summed E-state index contributed by atoms with van der Waals surface area (Å²) in [5.41, 5.74) is 7.47. The number of nitrogens with zero attached hydrogens (tertiary/aromatic N) is 1. The number of amides is 1. The first-order chi connectivity index (χ1) is 13.1. The van der Waals surface area contributed by atoms with Crippen LogP contribution in [0.1, 0.15) is 24.0 Å². The lowest BCUT2D eigenvalue weighted by atomic mass is 9.88. The van der Waals surface area contributed by atoms with Crippen LogP contribution in [0.15, 0.2) is 54.6 Å². The van der Waals surface area contributed by atoms with Crippen LogP contribution in [-0.2, 0) is 17.8 Å². The lowest BCUT2D eigenvalue weighted by Gasteiger charge is -2.34. The number of carbonyl (C=O) groups excluding carboxylic acids is 1. The van der Waals surface area contributed by atoms with Crippen molar-refractivity contribution in [2.75, 3.05) is 19.7 Å². The van der Waals surface area contributed by atoms with Gasteiger partial charge in [0.1, 0.15) is 5.75 Å². The number of piperidine rings is 1. The smallest absolute Gasteiger partial charge is 0.255 e. The van der Waals surface area contributed by atoms with Gasteiger partial charge in [0.05, 0.1) is 6.10 Å². The van der Waals surface area contributed by atoms with Crippen molar-refractivity contribution >= 4 is 5.91 Å². The fourth-order valence-electron chi connectivity index (χ4n) is 3.66. The Kier molecular flexibility index (Phi) is 6.85. The van der Waals surface area contributed by atoms with Crippen molar-refractivity contribution in [2.45, 2.75) is 31.9 Å². The second kappa shape index (κ2) is 9.53. The van der Waals surface area contributed by atoms with Crippen LogP contribution in [0, 0.1) is 5.92 Å². The van der Waals surface area contributed by atoms with E-state index < -0.39 is 5.91 Å². The number of likely N-dealkylation sites (tertiary alicyclic amines) is 1. The van der Waals surface area contributed by atoms with Crippen molar-refractivity contribution in [3.8, 4) is 5.75 Å². The highest BCUT2D eigenvalue weighted by Gasteiger charge is 2.25. The highest BCUT2D eigenvalue weighted by Crippen LogP contribution is 2.25. The van der Waals surface area contributed by atoms with Crippen molar-refractivity contribution in [2.24, 2.45) is 11.7 Å². The lowest BCUT2D eigenvalue weighted by Crippen LogP contribution is -2.38. The van der Waals surface area contributed by atoms with Gasteiger partial charge >= 0.3 is 0 Å². The van der Waals surface area contributed by atoms with E-state index in [0.29, 0.717) is 11.7 Å². The maximum atomic E-state index is 10.8. The zero-order valence-electron chi connectivity index (χ0n) is 15.6. The van der Waals surface area contributed by atoms with E-state index in [1.54, 1.807) is 0 Å². The zero-order valence-corrected chi connectivity index (χ0v) is 15.6. The Morgan fingerprint density at radius 1 is 1.11 bits per heavy atom. The fourth-order valence-corrected chi connectivity index (χ4v) is 3.66. The zero-order chi connectivity index (χ0) is 19.1. The third-order valence-electron chi connectivity index (χ3n) is 5.15. The third kappa shape index (κ3) is 6.08. The quantitative estimate of drug-likeness (QED) is 0.750. The number of ether oxygens (including phenoxy) is 1. The molecule has 1 unspecified atom stereocenters. The summed E-state index contributed by atoms with van der Waals surface area (Å²) >= 11 is 0. The summed E-state index contributed by atoms with van der Waals surface area (Å²) in [4.78, 5) is 13.2. The Bertz CT molecular complexity index is 727. The van der Waals surface area contributed by atoms with Crippen LogP contribution >= 0.6 is 0 Å². The highest BCUT2D eigenvalue weighted by molar-refractivity contribution is 5.75. The topological polar surface area (TPSA) is 75.8 Å². The van der Waals surface area contributed by atoms with E-state index >= 15 is 0 Å². The Morgan fingerprint density at radius 2 is 1.81 bits per heavy atom. The summed E-state index contributed by atoms with van der Waals surface area (Å²) in [6.07, 6.45) is 2.46. The molecule has 5 heteroatoms. The summed E-state index contributed by atoms with van der Waals surface area (Å²) in [5, 5.41) is 10.6. The Balaban J connectivity index is 1.46. The molecule has 144 valence electrons. The minimum absolute atomic E-state index is 0.103. The van der Waals surface area contributed by atoms with Crippen LogP contribution < -0.4 is 10.5 Å². The monoisotopic (exact) mass is 368 g/mol. The normalized spacial score (nSPS) is 16.8. The van der Waals surface area contributed by atoms with Gasteiger partial charge in [-0.2, -0.15) is 0 Å². The lowest BCUT2D eigenvalue weighted by molar-refractivity contribution is -0.119. The van der Waals surface area contributed by atoms with Crippen molar-refractivity contribution in [3.05, 3.63) is 65.7 Å². The van der Waals surface area contributed by atoms with E-state index in [2.05, 4.69) is 23.1 Å². The largest absolute Gasteiger partial charge is 0.484 e. The van der Waals surface area contributed by atoms with Gasteiger partial charge in [0, 0.05) is 6.54 Å². The van der Waals surface area contributed by atoms with Gasteiger partial charge in [-0.15, -0.1) is 0 Å². The molecule has 3 N–H and O–H groups in total. The van der Waals surface area contributed by atoms with Gasteiger partial charge in [-0.1, -0.05) is 42.5 Å². The molecule has 1 saturated heterocycles. The van der Waals surface area contributed by atoms with Crippen molar-refractivity contribution in [1.29, 1.82) is 0 Å². The highest BCUT2D eigenvalue weighted by atomic mass is 16.5. The van der Waals surface area contributed by atoms with E-state index in [1.165, 1.54) is 5.56 Å². The summed E-state index contributed by atoms with van der Waals surface area (Å²) in [5.74, 6) is 0.544. The summed E-state index contributed by atoms with van der Waals surface area (Å²) in [6.45, 7) is 2.69. The molecule has 0 spiro atoms. The maximum Gasteiger partial charge on any atom is 0.255 e. The average molecular weight is 368 g/mol. The number of primary amides is 1. The van der Waals surface area contributed by atoms with Gasteiger partial charge in [-0.05, 0) is 61.5 Å². The molecule has 2 aromatic rings. The molecule has 1 fully saturated rings. The van der Waals surface area contributed by atoms with Crippen molar-refractivity contribution in [3.63, 3.8) is 0 Å². The van der Waals surface area contributed by atoms with Crippen molar-refractivity contribution < 1.29 is 14.6 Å². The van der Waals surface area contributed by atoms with E-state index in [1.807, 2.05) is 36.4 Å². The molecule has 3 rings (SSSR count). The molecular formula is C22H28N2O3. The van der Waals surface area contributed by atoms with Crippen LogP contribution in [0.2, 0.25) is 0 Å². The van der Waals surface area contributed by atoms with E-state index in [-0.39, 0.29) is 12.7 Å².